The van der Waals surface area contributed by atoms with Gasteiger partial charge >= 0.3 is 0 Å². The molecular formula is C28H32N2O3S. The van der Waals surface area contributed by atoms with Crippen molar-refractivity contribution in [3.8, 4) is 5.75 Å². The van der Waals surface area contributed by atoms with Gasteiger partial charge in [-0.15, -0.1) is 11.8 Å². The number of amides is 2. The number of thioether (sulfide) groups is 1. The molecule has 2 aromatic rings. The highest BCUT2D eigenvalue weighted by atomic mass is 32.2. The van der Waals surface area contributed by atoms with Crippen LogP contribution in [-0.2, 0) is 16.0 Å². The van der Waals surface area contributed by atoms with Crippen LogP contribution in [0.25, 0.3) is 6.08 Å². The lowest BCUT2D eigenvalue weighted by Gasteiger charge is -2.44. The van der Waals surface area contributed by atoms with E-state index in [1.165, 1.54) is 11.1 Å². The molecule has 6 heteroatoms. The molecule has 1 saturated heterocycles. The van der Waals surface area contributed by atoms with E-state index in [0.29, 0.717) is 5.25 Å². The molecule has 2 fully saturated rings. The second kappa shape index (κ2) is 9.87. The van der Waals surface area contributed by atoms with Crippen molar-refractivity contribution in [2.24, 2.45) is 5.92 Å². The Morgan fingerprint density at radius 3 is 2.76 bits per heavy atom. The molecule has 178 valence electrons. The summed E-state index contributed by atoms with van der Waals surface area (Å²) in [6.07, 6.45) is 7.64. The van der Waals surface area contributed by atoms with Crippen molar-refractivity contribution in [3.05, 3.63) is 70.1 Å². The van der Waals surface area contributed by atoms with Gasteiger partial charge in [0.2, 0.25) is 5.91 Å². The van der Waals surface area contributed by atoms with Crippen molar-refractivity contribution in [2.45, 2.75) is 55.9 Å². The predicted octanol–water partition coefficient (Wildman–Crippen LogP) is 4.97. The predicted molar refractivity (Wildman–Crippen MR) is 137 cm³/mol. The maximum atomic E-state index is 13.3. The van der Waals surface area contributed by atoms with Crippen molar-refractivity contribution in [3.63, 3.8) is 0 Å². The van der Waals surface area contributed by atoms with Gasteiger partial charge in [-0.25, -0.2) is 0 Å². The number of carbonyl (C=O) groups excluding carboxylic acids is 2. The molecule has 2 amide bonds. The third kappa shape index (κ3) is 4.48. The lowest BCUT2D eigenvalue weighted by molar-refractivity contribution is -0.132. The number of para-hydroxylation sites is 1. The smallest absolute Gasteiger partial charge is 0.260 e. The summed E-state index contributed by atoms with van der Waals surface area (Å²) in [5.74, 6) is 0.879. The van der Waals surface area contributed by atoms with Crippen molar-refractivity contribution in [1.82, 2.24) is 10.2 Å². The minimum absolute atomic E-state index is 0.0272. The van der Waals surface area contributed by atoms with E-state index in [9.17, 15) is 9.59 Å². The lowest BCUT2D eigenvalue weighted by Crippen LogP contribution is -2.52. The molecule has 5 nitrogen and oxygen atoms in total. The Morgan fingerprint density at radius 1 is 1.12 bits per heavy atom. The van der Waals surface area contributed by atoms with Gasteiger partial charge in [-0.1, -0.05) is 42.5 Å². The highest BCUT2D eigenvalue weighted by molar-refractivity contribution is 8.04. The van der Waals surface area contributed by atoms with Gasteiger partial charge in [0, 0.05) is 29.8 Å². The molecule has 5 rings (SSSR count). The van der Waals surface area contributed by atoms with Crippen LogP contribution >= 0.6 is 11.8 Å². The van der Waals surface area contributed by atoms with Crippen molar-refractivity contribution in [1.29, 1.82) is 0 Å². The maximum absolute atomic E-state index is 13.3. The summed E-state index contributed by atoms with van der Waals surface area (Å²) in [6.45, 7) is 0. The summed E-state index contributed by atoms with van der Waals surface area (Å²) < 4.78 is 5.46. The fourth-order valence-corrected chi connectivity index (χ4v) is 7.13. The van der Waals surface area contributed by atoms with E-state index < -0.39 is 0 Å². The van der Waals surface area contributed by atoms with Crippen molar-refractivity contribution >= 4 is 29.7 Å². The molecule has 2 aliphatic carbocycles. The normalized spacial score (nSPS) is 27.6. The summed E-state index contributed by atoms with van der Waals surface area (Å²) in [7, 11) is 3.53. The first-order valence-corrected chi connectivity index (χ1v) is 13.1. The third-order valence-corrected chi connectivity index (χ3v) is 8.94. The van der Waals surface area contributed by atoms with Gasteiger partial charge in [0.25, 0.3) is 5.91 Å². The zero-order valence-electron chi connectivity index (χ0n) is 19.8. The summed E-state index contributed by atoms with van der Waals surface area (Å²) in [5, 5.41) is 3.65. The number of methoxy groups -OCH3 is 1. The Kier molecular flexibility index (Phi) is 6.68. The molecule has 2 aromatic carbocycles. The average molecular weight is 477 g/mol. The molecule has 3 aliphatic rings. The number of hydrogen-bond acceptors (Lipinski definition) is 4. The SMILES string of the molecule is COc1ccccc1/C=C1/SC2CCC(C(=O)NC3CCCc4ccccc43)CC2N(C)C1=O. The highest BCUT2D eigenvalue weighted by Gasteiger charge is 2.43. The number of hydrogen-bond donors (Lipinski definition) is 1. The fraction of sp³-hybridized carbons (Fsp3) is 0.429. The van der Waals surface area contributed by atoms with Crippen molar-refractivity contribution < 1.29 is 14.3 Å². The summed E-state index contributed by atoms with van der Waals surface area (Å²) >= 11 is 1.66. The van der Waals surface area contributed by atoms with E-state index in [1.54, 1.807) is 18.9 Å². The Balaban J connectivity index is 1.27. The zero-order valence-corrected chi connectivity index (χ0v) is 20.6. The largest absolute Gasteiger partial charge is 0.496 e. The number of rotatable bonds is 4. The molecule has 1 saturated carbocycles. The number of nitrogens with one attached hydrogen (secondary N) is 1. The quantitative estimate of drug-likeness (QED) is 0.633. The van der Waals surface area contributed by atoms with Gasteiger partial charge in [0.1, 0.15) is 5.75 Å². The van der Waals surface area contributed by atoms with Gasteiger partial charge < -0.3 is 15.0 Å². The van der Waals surface area contributed by atoms with Crippen LogP contribution in [0.2, 0.25) is 0 Å². The molecule has 0 spiro atoms. The number of benzene rings is 2. The van der Waals surface area contributed by atoms with Crippen LogP contribution < -0.4 is 10.1 Å². The number of likely N-dealkylation sites (N-methyl/N-ethyl adjacent to an activating group) is 1. The first-order chi connectivity index (χ1) is 16.5. The number of fused-ring (bicyclic) bond motifs is 2. The Morgan fingerprint density at radius 2 is 1.91 bits per heavy atom. The van der Waals surface area contributed by atoms with Gasteiger partial charge in [-0.05, 0) is 61.8 Å². The van der Waals surface area contributed by atoms with Crippen LogP contribution in [0.5, 0.6) is 5.75 Å². The van der Waals surface area contributed by atoms with Crippen LogP contribution in [0.1, 0.15) is 54.8 Å². The van der Waals surface area contributed by atoms with E-state index in [-0.39, 0.29) is 29.8 Å². The number of ether oxygens (including phenoxy) is 1. The van der Waals surface area contributed by atoms with Gasteiger partial charge in [-0.3, -0.25) is 9.59 Å². The molecule has 0 radical (unpaired) electrons. The molecular weight excluding hydrogens is 444 g/mol. The molecule has 0 aromatic heterocycles. The fourth-order valence-electron chi connectivity index (χ4n) is 5.66. The van der Waals surface area contributed by atoms with Gasteiger partial charge in [-0.2, -0.15) is 0 Å². The molecule has 0 bridgehead atoms. The van der Waals surface area contributed by atoms with Crippen LogP contribution in [-0.4, -0.2) is 42.2 Å². The third-order valence-electron chi connectivity index (χ3n) is 7.54. The number of nitrogens with zero attached hydrogens (tertiary/aromatic N) is 1. The molecule has 1 aliphatic heterocycles. The van der Waals surface area contributed by atoms with E-state index in [0.717, 1.165) is 54.7 Å². The first kappa shape index (κ1) is 23.0. The minimum atomic E-state index is -0.0501. The van der Waals surface area contributed by atoms with Crippen LogP contribution in [0.3, 0.4) is 0 Å². The Bertz CT molecular complexity index is 1110. The monoisotopic (exact) mass is 476 g/mol. The number of carbonyl (C=O) groups is 2. The van der Waals surface area contributed by atoms with Crippen LogP contribution in [0.4, 0.5) is 0 Å². The highest BCUT2D eigenvalue weighted by Crippen LogP contribution is 2.44. The standard InChI is InChI=1S/C28H32N2O3S/c1-30-23-16-20(27(31)29-22-12-7-10-18-8-3-5-11-21(18)22)14-15-25(23)34-26(28(30)32)17-19-9-4-6-13-24(19)33-2/h3-6,8-9,11,13,17,20,22-23,25H,7,10,12,14-16H2,1-2H3,(H,29,31)/b26-17+. The van der Waals surface area contributed by atoms with Crippen LogP contribution in [0.15, 0.2) is 53.4 Å². The van der Waals surface area contributed by atoms with E-state index in [1.807, 2.05) is 42.3 Å². The summed E-state index contributed by atoms with van der Waals surface area (Å²) in [4.78, 5) is 29.1. The molecule has 4 unspecified atom stereocenters. The van der Waals surface area contributed by atoms with Crippen molar-refractivity contribution in [2.75, 3.05) is 14.2 Å². The van der Waals surface area contributed by atoms with E-state index in [2.05, 4.69) is 29.6 Å². The van der Waals surface area contributed by atoms with Gasteiger partial charge in [0.05, 0.1) is 18.1 Å². The topological polar surface area (TPSA) is 58.6 Å². The van der Waals surface area contributed by atoms with E-state index in [4.69, 9.17) is 4.74 Å². The Labute approximate surface area is 205 Å². The summed E-state index contributed by atoms with van der Waals surface area (Å²) in [5.41, 5.74) is 3.53. The van der Waals surface area contributed by atoms with Crippen LogP contribution in [0, 0.1) is 5.92 Å². The lowest BCUT2D eigenvalue weighted by atomic mass is 9.82. The minimum Gasteiger partial charge on any atom is -0.496 e. The first-order valence-electron chi connectivity index (χ1n) is 12.2. The maximum Gasteiger partial charge on any atom is 0.260 e. The molecule has 1 heterocycles. The second-order valence-corrected chi connectivity index (χ2v) is 10.8. The average Bonchev–Trinajstić information content (AvgIpc) is 2.87. The Hall–Kier alpha value is -2.73. The summed E-state index contributed by atoms with van der Waals surface area (Å²) in [6, 6.07) is 16.4. The zero-order chi connectivity index (χ0) is 23.7. The number of aryl methyl sites for hydroxylation is 1. The molecule has 34 heavy (non-hydrogen) atoms. The molecule has 1 N–H and O–H groups in total. The van der Waals surface area contributed by atoms with E-state index >= 15 is 0 Å². The van der Waals surface area contributed by atoms with Gasteiger partial charge in [0.15, 0.2) is 0 Å². The second-order valence-electron chi connectivity index (χ2n) is 9.55. The molecule has 4 atom stereocenters.